The summed E-state index contributed by atoms with van der Waals surface area (Å²) in [5.74, 6) is 1.28. The molecule has 208 valence electrons. The van der Waals surface area contributed by atoms with Crippen molar-refractivity contribution in [3.05, 3.63) is 40.1 Å². The van der Waals surface area contributed by atoms with Crippen LogP contribution < -0.4 is 16.4 Å². The highest BCUT2D eigenvalue weighted by Crippen LogP contribution is 2.34. The number of likely N-dealkylation sites (tertiary alicyclic amines) is 1. The van der Waals surface area contributed by atoms with Gasteiger partial charge in [0, 0.05) is 37.3 Å². The predicted octanol–water partition coefficient (Wildman–Crippen LogP) is 5.65. The van der Waals surface area contributed by atoms with Crippen LogP contribution in [0.5, 0.6) is 0 Å². The Kier molecular flexibility index (Phi) is 7.82. The zero-order chi connectivity index (χ0) is 26.9. The number of carbonyl (C=O) groups is 1. The van der Waals surface area contributed by atoms with Gasteiger partial charge < -0.3 is 25.8 Å². The zero-order valence-corrected chi connectivity index (χ0v) is 23.6. The predicted molar refractivity (Wildman–Crippen MR) is 156 cm³/mol. The van der Waals surface area contributed by atoms with E-state index in [0.717, 1.165) is 68.3 Å². The number of benzene rings is 1. The van der Waals surface area contributed by atoms with Crippen LogP contribution in [0.15, 0.2) is 24.5 Å². The highest BCUT2D eigenvalue weighted by Gasteiger charge is 2.28. The van der Waals surface area contributed by atoms with Gasteiger partial charge in [-0.1, -0.05) is 42.1 Å². The molecule has 0 unspecified atom stereocenters. The van der Waals surface area contributed by atoms with Crippen molar-refractivity contribution in [2.24, 2.45) is 5.73 Å². The molecule has 1 amide bonds. The van der Waals surface area contributed by atoms with Gasteiger partial charge in [0.05, 0.1) is 21.9 Å². The molecule has 0 atom stereocenters. The Hall–Kier alpha value is -2.62. The smallest absolute Gasteiger partial charge is 0.256 e. The molecule has 1 saturated heterocycles. The maximum absolute atomic E-state index is 13.2. The van der Waals surface area contributed by atoms with E-state index in [1.165, 1.54) is 12.8 Å². The van der Waals surface area contributed by atoms with E-state index < -0.39 is 0 Å². The van der Waals surface area contributed by atoms with E-state index in [0.29, 0.717) is 52.8 Å². The standard InChI is InChI=1S/C28H36Cl2N8O/c29-21-6-3-7-22(30)23(21)27(39)37-14-12-19(13-15-37)33-25-24-26(38(16-32-24)20-4-1-2-5-20)36-28(35-25)34-18-10-8-17(31)9-11-18/h3,6-7,16-20H,1-2,4-5,8-15,31H2,(H2,33,34,35,36)/t17-,18-. The largest absolute Gasteiger partial charge is 0.365 e. The van der Waals surface area contributed by atoms with Crippen LogP contribution >= 0.6 is 23.2 Å². The van der Waals surface area contributed by atoms with Crippen molar-refractivity contribution in [1.29, 1.82) is 0 Å². The number of imidazole rings is 1. The molecular formula is C28H36Cl2N8O. The van der Waals surface area contributed by atoms with Gasteiger partial charge >= 0.3 is 0 Å². The lowest BCUT2D eigenvalue weighted by Gasteiger charge is -2.33. The van der Waals surface area contributed by atoms with Crippen molar-refractivity contribution in [1.82, 2.24) is 24.4 Å². The van der Waals surface area contributed by atoms with E-state index in [1.807, 2.05) is 11.2 Å². The van der Waals surface area contributed by atoms with Gasteiger partial charge in [-0.25, -0.2) is 4.98 Å². The summed E-state index contributed by atoms with van der Waals surface area (Å²) in [7, 11) is 0. The van der Waals surface area contributed by atoms with Crippen LogP contribution in [-0.4, -0.2) is 61.5 Å². The summed E-state index contributed by atoms with van der Waals surface area (Å²) in [6.45, 7) is 1.21. The summed E-state index contributed by atoms with van der Waals surface area (Å²) < 4.78 is 2.24. The first-order valence-corrected chi connectivity index (χ1v) is 15.0. The summed E-state index contributed by atoms with van der Waals surface area (Å²) in [4.78, 5) is 29.6. The van der Waals surface area contributed by atoms with Crippen molar-refractivity contribution in [3.8, 4) is 0 Å². The molecule has 3 aliphatic rings. The Morgan fingerprint density at radius 1 is 0.897 bits per heavy atom. The summed E-state index contributed by atoms with van der Waals surface area (Å²) in [5.41, 5.74) is 8.19. The number of hydrogen-bond acceptors (Lipinski definition) is 7. The summed E-state index contributed by atoms with van der Waals surface area (Å²) >= 11 is 12.6. The first-order chi connectivity index (χ1) is 19.0. The quantitative estimate of drug-likeness (QED) is 0.351. The van der Waals surface area contributed by atoms with E-state index >= 15 is 0 Å². The minimum absolute atomic E-state index is 0.123. The minimum Gasteiger partial charge on any atom is -0.365 e. The van der Waals surface area contributed by atoms with Crippen molar-refractivity contribution < 1.29 is 4.79 Å². The van der Waals surface area contributed by atoms with Crippen molar-refractivity contribution >= 4 is 52.0 Å². The molecule has 11 heteroatoms. The summed E-state index contributed by atoms with van der Waals surface area (Å²) in [6.07, 6.45) is 12.4. The Labute approximate surface area is 238 Å². The third-order valence-electron chi connectivity index (χ3n) is 8.54. The number of aromatic nitrogens is 4. The van der Waals surface area contributed by atoms with Gasteiger partial charge in [0.15, 0.2) is 17.0 Å². The molecule has 3 fully saturated rings. The Bertz CT molecular complexity index is 1300. The molecule has 1 aliphatic heterocycles. The van der Waals surface area contributed by atoms with Crippen LogP contribution in [0.2, 0.25) is 10.0 Å². The lowest BCUT2D eigenvalue weighted by molar-refractivity contribution is 0.0719. The number of hydrogen-bond donors (Lipinski definition) is 3. The average molecular weight is 572 g/mol. The van der Waals surface area contributed by atoms with Crippen molar-refractivity contribution in [2.45, 2.75) is 88.4 Å². The molecule has 0 radical (unpaired) electrons. The monoisotopic (exact) mass is 570 g/mol. The molecule has 3 heterocycles. The van der Waals surface area contributed by atoms with Crippen LogP contribution in [0.1, 0.15) is 80.6 Å². The van der Waals surface area contributed by atoms with Crippen LogP contribution in [0, 0.1) is 0 Å². The number of rotatable bonds is 6. The van der Waals surface area contributed by atoms with Crippen molar-refractivity contribution in [2.75, 3.05) is 23.7 Å². The number of nitrogens with one attached hydrogen (secondary N) is 2. The second-order valence-electron chi connectivity index (χ2n) is 11.2. The molecule has 6 rings (SSSR count). The SMILES string of the molecule is N[C@H]1CC[C@H](Nc2nc(NC3CCN(C(=O)c4c(Cl)cccc4Cl)CC3)c3ncn(C4CCCC4)c3n2)CC1. The molecular weight excluding hydrogens is 535 g/mol. The average Bonchev–Trinajstić information content (AvgIpc) is 3.61. The third-order valence-corrected chi connectivity index (χ3v) is 9.17. The van der Waals surface area contributed by atoms with E-state index in [4.69, 9.17) is 43.9 Å². The van der Waals surface area contributed by atoms with Gasteiger partial charge in [-0.15, -0.1) is 0 Å². The fourth-order valence-electron chi connectivity index (χ4n) is 6.26. The number of halogens is 2. The Balaban J connectivity index is 1.20. The lowest BCUT2D eigenvalue weighted by atomic mass is 9.92. The zero-order valence-electron chi connectivity index (χ0n) is 22.1. The molecule has 4 N–H and O–H groups in total. The van der Waals surface area contributed by atoms with Gasteiger partial charge in [-0.05, 0) is 63.5 Å². The normalized spacial score (nSPS) is 22.9. The van der Waals surface area contributed by atoms with Crippen LogP contribution in [0.3, 0.4) is 0 Å². The fraction of sp³-hybridized carbons (Fsp3) is 0.571. The van der Waals surface area contributed by atoms with Gasteiger partial charge in [0.25, 0.3) is 5.91 Å². The van der Waals surface area contributed by atoms with E-state index in [-0.39, 0.29) is 11.9 Å². The highest BCUT2D eigenvalue weighted by atomic mass is 35.5. The summed E-state index contributed by atoms with van der Waals surface area (Å²) in [6, 6.07) is 6.36. The van der Waals surface area contributed by atoms with Gasteiger partial charge in [-0.3, -0.25) is 4.79 Å². The molecule has 39 heavy (non-hydrogen) atoms. The van der Waals surface area contributed by atoms with Crippen LogP contribution in [0.25, 0.3) is 11.2 Å². The fourth-order valence-corrected chi connectivity index (χ4v) is 6.82. The van der Waals surface area contributed by atoms with E-state index in [9.17, 15) is 4.79 Å². The van der Waals surface area contributed by atoms with Crippen LogP contribution in [0.4, 0.5) is 11.8 Å². The maximum atomic E-state index is 13.2. The number of piperidine rings is 1. The number of nitrogens with two attached hydrogens (primary N) is 1. The Morgan fingerprint density at radius 3 is 2.26 bits per heavy atom. The second kappa shape index (κ2) is 11.5. The molecule has 2 aromatic heterocycles. The number of carbonyl (C=O) groups excluding carboxylic acids is 1. The van der Waals surface area contributed by atoms with Crippen molar-refractivity contribution in [3.63, 3.8) is 0 Å². The molecule has 2 aliphatic carbocycles. The molecule has 0 bridgehead atoms. The number of amides is 1. The summed E-state index contributed by atoms with van der Waals surface area (Å²) in [5, 5.41) is 8.02. The number of fused-ring (bicyclic) bond motifs is 1. The molecule has 3 aromatic rings. The molecule has 0 spiro atoms. The van der Waals surface area contributed by atoms with Gasteiger partial charge in [0.2, 0.25) is 5.95 Å². The number of nitrogens with zero attached hydrogens (tertiary/aromatic N) is 5. The topological polar surface area (TPSA) is 114 Å². The second-order valence-corrected chi connectivity index (χ2v) is 12.0. The first-order valence-electron chi connectivity index (χ1n) is 14.2. The molecule has 1 aromatic carbocycles. The lowest BCUT2D eigenvalue weighted by Crippen LogP contribution is -2.42. The first kappa shape index (κ1) is 26.6. The highest BCUT2D eigenvalue weighted by molar-refractivity contribution is 6.39. The Morgan fingerprint density at radius 2 is 1.56 bits per heavy atom. The van der Waals surface area contributed by atoms with Crippen LogP contribution in [-0.2, 0) is 0 Å². The third kappa shape index (κ3) is 5.67. The maximum Gasteiger partial charge on any atom is 0.256 e. The van der Waals surface area contributed by atoms with E-state index in [2.05, 4.69) is 15.2 Å². The van der Waals surface area contributed by atoms with E-state index in [1.54, 1.807) is 18.2 Å². The van der Waals surface area contributed by atoms with Gasteiger partial charge in [0.1, 0.15) is 0 Å². The minimum atomic E-state index is -0.123. The molecule has 2 saturated carbocycles. The molecule has 9 nitrogen and oxygen atoms in total. The van der Waals surface area contributed by atoms with Gasteiger partial charge in [-0.2, -0.15) is 9.97 Å². The number of anilines is 2.